The Kier molecular flexibility index (Phi) is 7.86. The number of hydrogen-bond acceptors (Lipinski definition) is 4. The van der Waals surface area contributed by atoms with E-state index < -0.39 is 10.2 Å². The number of rotatable bonds is 9. The van der Waals surface area contributed by atoms with Gasteiger partial charge in [0.2, 0.25) is 0 Å². The SMILES string of the molecule is CCCCOCCNS(=O)(=O)N1CCCCC1CO. The van der Waals surface area contributed by atoms with Crippen LogP contribution in [-0.2, 0) is 14.9 Å². The summed E-state index contributed by atoms with van der Waals surface area (Å²) in [6, 6.07) is -0.285. The summed E-state index contributed by atoms with van der Waals surface area (Å²) in [7, 11) is -3.49. The predicted molar refractivity (Wildman–Crippen MR) is 74.1 cm³/mol. The highest BCUT2D eigenvalue weighted by Crippen LogP contribution is 2.19. The molecule has 2 N–H and O–H groups in total. The molecule has 19 heavy (non-hydrogen) atoms. The minimum atomic E-state index is -3.49. The molecule has 0 aromatic carbocycles. The Balaban J connectivity index is 2.33. The summed E-state index contributed by atoms with van der Waals surface area (Å²) in [5.41, 5.74) is 0. The Morgan fingerprint density at radius 1 is 1.37 bits per heavy atom. The van der Waals surface area contributed by atoms with Gasteiger partial charge in [-0.15, -0.1) is 0 Å². The minimum absolute atomic E-state index is 0.117. The van der Waals surface area contributed by atoms with Crippen molar-refractivity contribution in [2.75, 3.05) is 32.9 Å². The first-order valence-corrected chi connectivity index (χ1v) is 8.51. The van der Waals surface area contributed by atoms with Gasteiger partial charge in [-0.05, 0) is 19.3 Å². The van der Waals surface area contributed by atoms with Crippen LogP contribution in [0.3, 0.4) is 0 Å². The molecule has 1 aliphatic heterocycles. The van der Waals surface area contributed by atoms with Gasteiger partial charge in [-0.3, -0.25) is 0 Å². The van der Waals surface area contributed by atoms with Gasteiger partial charge >= 0.3 is 0 Å². The summed E-state index contributed by atoms with van der Waals surface area (Å²) in [6.07, 6.45) is 4.61. The Morgan fingerprint density at radius 2 is 2.16 bits per heavy atom. The third kappa shape index (κ3) is 5.74. The smallest absolute Gasteiger partial charge is 0.279 e. The van der Waals surface area contributed by atoms with Gasteiger partial charge in [0.05, 0.1) is 13.2 Å². The summed E-state index contributed by atoms with van der Waals surface area (Å²) >= 11 is 0. The lowest BCUT2D eigenvalue weighted by Gasteiger charge is -2.33. The van der Waals surface area contributed by atoms with E-state index in [2.05, 4.69) is 11.6 Å². The molecule has 6 nitrogen and oxygen atoms in total. The molecule has 0 aromatic heterocycles. The molecule has 1 heterocycles. The van der Waals surface area contributed by atoms with Gasteiger partial charge in [0, 0.05) is 25.7 Å². The lowest BCUT2D eigenvalue weighted by Crippen LogP contribution is -2.50. The predicted octanol–water partition coefficient (Wildman–Crippen LogP) is 0.484. The van der Waals surface area contributed by atoms with Crippen LogP contribution in [0.4, 0.5) is 0 Å². The lowest BCUT2D eigenvalue weighted by molar-refractivity contribution is 0.133. The summed E-state index contributed by atoms with van der Waals surface area (Å²) in [4.78, 5) is 0. The maximum Gasteiger partial charge on any atom is 0.279 e. The van der Waals surface area contributed by atoms with Gasteiger partial charge in [0.25, 0.3) is 10.2 Å². The zero-order valence-electron chi connectivity index (χ0n) is 11.7. The minimum Gasteiger partial charge on any atom is -0.395 e. The number of unbranched alkanes of at least 4 members (excludes halogenated alkanes) is 1. The Labute approximate surface area is 116 Å². The molecule has 0 bridgehead atoms. The van der Waals surface area contributed by atoms with Crippen molar-refractivity contribution >= 4 is 10.2 Å². The Bertz CT molecular complexity index is 335. The molecule has 0 aliphatic carbocycles. The van der Waals surface area contributed by atoms with Crippen molar-refractivity contribution in [2.24, 2.45) is 0 Å². The van der Waals surface area contributed by atoms with Crippen LogP contribution in [-0.4, -0.2) is 56.8 Å². The van der Waals surface area contributed by atoms with Crippen molar-refractivity contribution in [3.8, 4) is 0 Å². The largest absolute Gasteiger partial charge is 0.395 e. The normalized spacial score (nSPS) is 21.7. The molecule has 0 saturated carbocycles. The number of aliphatic hydroxyl groups is 1. The van der Waals surface area contributed by atoms with Crippen LogP contribution in [0.2, 0.25) is 0 Å². The summed E-state index contributed by atoms with van der Waals surface area (Å²) in [6.45, 7) is 3.78. The first-order valence-electron chi connectivity index (χ1n) is 7.07. The van der Waals surface area contributed by atoms with Gasteiger partial charge < -0.3 is 9.84 Å². The second kappa shape index (κ2) is 8.86. The molecule has 7 heteroatoms. The fraction of sp³-hybridized carbons (Fsp3) is 1.00. The molecule has 1 saturated heterocycles. The number of piperidine rings is 1. The van der Waals surface area contributed by atoms with Crippen molar-refractivity contribution in [1.29, 1.82) is 0 Å². The van der Waals surface area contributed by atoms with Crippen LogP contribution in [0.1, 0.15) is 39.0 Å². The standard InChI is InChI=1S/C12H26N2O4S/c1-2-3-9-18-10-7-13-19(16,17)14-8-5-4-6-12(14)11-15/h12-13,15H,2-11H2,1H3. The van der Waals surface area contributed by atoms with Gasteiger partial charge in [0.15, 0.2) is 0 Å². The average Bonchev–Trinajstić information content (AvgIpc) is 2.42. The van der Waals surface area contributed by atoms with Gasteiger partial charge in [-0.1, -0.05) is 19.8 Å². The van der Waals surface area contributed by atoms with Gasteiger partial charge in [-0.2, -0.15) is 17.4 Å². The van der Waals surface area contributed by atoms with Crippen molar-refractivity contribution < 1.29 is 18.3 Å². The molecule has 0 spiro atoms. The number of hydrogen-bond donors (Lipinski definition) is 2. The summed E-state index contributed by atoms with van der Waals surface area (Å²) in [5, 5.41) is 9.23. The van der Waals surface area contributed by atoms with Crippen molar-refractivity contribution in [2.45, 2.75) is 45.1 Å². The van der Waals surface area contributed by atoms with E-state index in [1.165, 1.54) is 4.31 Å². The molecular weight excluding hydrogens is 268 g/mol. The van der Waals surface area contributed by atoms with Crippen molar-refractivity contribution in [3.63, 3.8) is 0 Å². The molecular formula is C12H26N2O4S. The van der Waals surface area contributed by atoms with Crippen LogP contribution in [0.15, 0.2) is 0 Å². The highest BCUT2D eigenvalue weighted by molar-refractivity contribution is 7.87. The van der Waals surface area contributed by atoms with E-state index in [-0.39, 0.29) is 19.2 Å². The number of ether oxygens (including phenoxy) is 1. The fourth-order valence-corrected chi connectivity index (χ4v) is 3.59. The fourth-order valence-electron chi connectivity index (χ4n) is 2.15. The average molecular weight is 294 g/mol. The first-order chi connectivity index (χ1) is 9.11. The van der Waals surface area contributed by atoms with E-state index in [0.717, 1.165) is 32.1 Å². The van der Waals surface area contributed by atoms with E-state index in [0.29, 0.717) is 19.8 Å². The second-order valence-electron chi connectivity index (χ2n) is 4.81. The first kappa shape index (κ1) is 16.8. The zero-order chi connectivity index (χ0) is 14.1. The molecule has 0 radical (unpaired) electrons. The summed E-state index contributed by atoms with van der Waals surface area (Å²) in [5.74, 6) is 0. The Morgan fingerprint density at radius 3 is 2.84 bits per heavy atom. The molecule has 0 amide bonds. The third-order valence-corrected chi connectivity index (χ3v) is 4.93. The zero-order valence-corrected chi connectivity index (χ0v) is 12.5. The maximum absolute atomic E-state index is 12.1. The lowest BCUT2D eigenvalue weighted by atomic mass is 10.1. The van der Waals surface area contributed by atoms with Gasteiger partial charge in [0.1, 0.15) is 0 Å². The molecule has 1 rings (SSSR count). The van der Waals surface area contributed by atoms with E-state index in [9.17, 15) is 13.5 Å². The van der Waals surface area contributed by atoms with Crippen LogP contribution in [0.25, 0.3) is 0 Å². The molecule has 1 unspecified atom stereocenters. The monoisotopic (exact) mass is 294 g/mol. The Hall–Kier alpha value is -0.210. The van der Waals surface area contributed by atoms with E-state index in [1.807, 2.05) is 0 Å². The number of nitrogens with zero attached hydrogens (tertiary/aromatic N) is 1. The number of nitrogens with one attached hydrogen (secondary N) is 1. The van der Waals surface area contributed by atoms with E-state index >= 15 is 0 Å². The molecule has 0 aromatic rings. The van der Waals surface area contributed by atoms with E-state index in [4.69, 9.17) is 4.74 Å². The van der Waals surface area contributed by atoms with E-state index in [1.54, 1.807) is 0 Å². The second-order valence-corrected chi connectivity index (χ2v) is 6.52. The van der Waals surface area contributed by atoms with Crippen molar-refractivity contribution in [1.82, 2.24) is 9.03 Å². The van der Waals surface area contributed by atoms with Crippen molar-refractivity contribution in [3.05, 3.63) is 0 Å². The molecule has 1 aliphatic rings. The van der Waals surface area contributed by atoms with Gasteiger partial charge in [-0.25, -0.2) is 0 Å². The quantitative estimate of drug-likeness (QED) is 0.606. The van der Waals surface area contributed by atoms with Crippen LogP contribution >= 0.6 is 0 Å². The number of aliphatic hydroxyl groups excluding tert-OH is 1. The van der Waals surface area contributed by atoms with Crippen LogP contribution in [0.5, 0.6) is 0 Å². The third-order valence-electron chi connectivity index (χ3n) is 3.27. The van der Waals surface area contributed by atoms with Crippen LogP contribution < -0.4 is 4.72 Å². The highest BCUT2D eigenvalue weighted by atomic mass is 32.2. The topological polar surface area (TPSA) is 78.9 Å². The highest BCUT2D eigenvalue weighted by Gasteiger charge is 2.31. The van der Waals surface area contributed by atoms with Crippen LogP contribution in [0, 0.1) is 0 Å². The summed E-state index contributed by atoms with van der Waals surface area (Å²) < 4.78 is 33.4. The molecule has 114 valence electrons. The maximum atomic E-state index is 12.1. The molecule has 1 atom stereocenters. The molecule has 1 fully saturated rings.